The van der Waals surface area contributed by atoms with Crippen LogP contribution in [-0.2, 0) is 4.79 Å². The van der Waals surface area contributed by atoms with Crippen molar-refractivity contribution >= 4 is 23.7 Å². The van der Waals surface area contributed by atoms with E-state index in [1.807, 2.05) is 5.32 Å². The van der Waals surface area contributed by atoms with Crippen molar-refractivity contribution in [2.75, 3.05) is 21.3 Å². The molecule has 3 N–H and O–H groups in total. The molecule has 0 aliphatic heterocycles. The first-order valence-corrected chi connectivity index (χ1v) is 10.5. The van der Waals surface area contributed by atoms with Crippen LogP contribution in [0, 0.1) is 5.82 Å². The second-order valence-electron chi connectivity index (χ2n) is 6.62. The quantitative estimate of drug-likeness (QED) is 0.476. The van der Waals surface area contributed by atoms with Gasteiger partial charge in [-0.15, -0.1) is 10.2 Å². The number of nitrogens with one attached hydrogen (secondary N) is 1. The summed E-state index contributed by atoms with van der Waals surface area (Å²) < 4.78 is 32.5. The first-order valence-electron chi connectivity index (χ1n) is 9.58. The van der Waals surface area contributed by atoms with Crippen LogP contribution >= 0.6 is 11.8 Å². The molecule has 0 bridgehead atoms. The average Bonchev–Trinajstić information content (AvgIpc) is 3.20. The molecule has 0 fully saturated rings. The number of nitrogens with two attached hydrogens (primary N) is 1. The minimum absolute atomic E-state index is 0.163. The molecule has 0 saturated carbocycles. The number of methoxy groups -OCH3 is 3. The molecule has 0 saturated heterocycles. The highest BCUT2D eigenvalue weighted by Gasteiger charge is 2.25. The number of thioether (sulfide) groups is 1. The van der Waals surface area contributed by atoms with Gasteiger partial charge in [0.2, 0.25) is 11.7 Å². The maximum Gasteiger partial charge on any atom is 0.318 e. The number of urea groups is 1. The number of carbonyl (C=O) groups is 2. The minimum Gasteiger partial charge on any atom is -0.493 e. The highest BCUT2D eigenvalue weighted by atomic mass is 32.2. The molecule has 12 heteroatoms. The summed E-state index contributed by atoms with van der Waals surface area (Å²) in [4.78, 5) is 23.2. The van der Waals surface area contributed by atoms with Crippen LogP contribution in [0.1, 0.15) is 6.92 Å². The Balaban J connectivity index is 2.17. The van der Waals surface area contributed by atoms with E-state index in [0.29, 0.717) is 22.8 Å². The smallest absolute Gasteiger partial charge is 0.318 e. The molecule has 1 atom stereocenters. The van der Waals surface area contributed by atoms with Crippen molar-refractivity contribution in [2.24, 2.45) is 5.73 Å². The molecule has 0 aliphatic carbocycles. The van der Waals surface area contributed by atoms with E-state index in [1.54, 1.807) is 37.3 Å². The lowest BCUT2D eigenvalue weighted by Gasteiger charge is -2.16. The molecule has 3 amide bonds. The molecule has 2 aromatic carbocycles. The zero-order valence-corrected chi connectivity index (χ0v) is 19.1. The number of hydrogen-bond donors (Lipinski definition) is 2. The van der Waals surface area contributed by atoms with E-state index in [2.05, 4.69) is 10.2 Å². The van der Waals surface area contributed by atoms with Gasteiger partial charge in [0.15, 0.2) is 22.5 Å². The van der Waals surface area contributed by atoms with Gasteiger partial charge in [-0.1, -0.05) is 23.9 Å². The molecule has 0 radical (unpaired) electrons. The lowest BCUT2D eigenvalue weighted by Crippen LogP contribution is -2.39. The van der Waals surface area contributed by atoms with Crippen molar-refractivity contribution in [1.82, 2.24) is 20.1 Å². The normalized spacial score (nSPS) is 11.5. The number of carbonyl (C=O) groups excluding carboxylic acids is 2. The number of para-hydroxylation sites is 1. The van der Waals surface area contributed by atoms with E-state index in [9.17, 15) is 14.0 Å². The van der Waals surface area contributed by atoms with Gasteiger partial charge < -0.3 is 19.9 Å². The summed E-state index contributed by atoms with van der Waals surface area (Å²) in [6, 6.07) is 8.40. The van der Waals surface area contributed by atoms with Crippen LogP contribution in [0.2, 0.25) is 0 Å². The third kappa shape index (κ3) is 5.00. The van der Waals surface area contributed by atoms with Gasteiger partial charge in [0.05, 0.1) is 32.3 Å². The van der Waals surface area contributed by atoms with Crippen molar-refractivity contribution in [3.05, 3.63) is 42.2 Å². The lowest BCUT2D eigenvalue weighted by molar-refractivity contribution is -0.119. The fraction of sp³-hybridized carbons (Fsp3) is 0.238. The van der Waals surface area contributed by atoms with Crippen molar-refractivity contribution in [2.45, 2.75) is 17.3 Å². The van der Waals surface area contributed by atoms with Crippen molar-refractivity contribution in [3.8, 4) is 34.3 Å². The standard InChI is InChI=1S/C21H22FN5O5S/c1-11(19(28)24-20(23)29)33-21-26-25-18(27(21)14-8-6-5-7-13(14)22)12-9-15(30-2)17(32-4)16(10-12)31-3/h5-11H,1-4H3,(H3,23,24,28,29)/t11-/m0/s1. The summed E-state index contributed by atoms with van der Waals surface area (Å²) in [7, 11) is 4.43. The van der Waals surface area contributed by atoms with Gasteiger partial charge >= 0.3 is 6.03 Å². The van der Waals surface area contributed by atoms with Crippen LogP contribution in [0.4, 0.5) is 9.18 Å². The Morgan fingerprint density at radius 2 is 1.73 bits per heavy atom. The third-order valence-corrected chi connectivity index (χ3v) is 5.59. The Morgan fingerprint density at radius 1 is 1.09 bits per heavy atom. The monoisotopic (exact) mass is 475 g/mol. The second kappa shape index (κ2) is 10.2. The van der Waals surface area contributed by atoms with Crippen LogP contribution in [-0.4, -0.2) is 53.3 Å². The van der Waals surface area contributed by atoms with Crippen LogP contribution < -0.4 is 25.3 Å². The van der Waals surface area contributed by atoms with Gasteiger partial charge in [0, 0.05) is 5.56 Å². The van der Waals surface area contributed by atoms with Crippen molar-refractivity contribution in [1.29, 1.82) is 0 Å². The number of imide groups is 1. The fourth-order valence-corrected chi connectivity index (χ4v) is 3.89. The van der Waals surface area contributed by atoms with Crippen LogP contribution in [0.3, 0.4) is 0 Å². The Hall–Kier alpha value is -3.80. The van der Waals surface area contributed by atoms with E-state index in [0.717, 1.165) is 11.8 Å². The molecule has 0 spiro atoms. The van der Waals surface area contributed by atoms with Gasteiger partial charge in [0.1, 0.15) is 5.82 Å². The van der Waals surface area contributed by atoms with Crippen LogP contribution in [0.5, 0.6) is 17.2 Å². The van der Waals surface area contributed by atoms with E-state index in [-0.39, 0.29) is 16.7 Å². The largest absolute Gasteiger partial charge is 0.493 e. The SMILES string of the molecule is COc1cc(-c2nnc(S[C@@H](C)C(=O)NC(N)=O)n2-c2ccccc2F)cc(OC)c1OC. The first-order chi connectivity index (χ1) is 15.8. The van der Waals surface area contributed by atoms with Gasteiger partial charge in [-0.3, -0.25) is 14.7 Å². The Morgan fingerprint density at radius 3 is 2.27 bits per heavy atom. The topological polar surface area (TPSA) is 131 Å². The zero-order valence-electron chi connectivity index (χ0n) is 18.3. The fourth-order valence-electron chi connectivity index (χ4n) is 3.03. The number of ether oxygens (including phenoxy) is 3. The number of aromatic nitrogens is 3. The van der Waals surface area contributed by atoms with E-state index in [4.69, 9.17) is 19.9 Å². The average molecular weight is 476 g/mol. The maximum absolute atomic E-state index is 14.8. The molecule has 0 unspecified atom stereocenters. The number of benzene rings is 2. The Labute approximate surface area is 193 Å². The molecule has 3 rings (SSSR count). The first kappa shape index (κ1) is 23.9. The molecular formula is C21H22FN5O5S. The molecule has 174 valence electrons. The van der Waals surface area contributed by atoms with E-state index in [1.165, 1.54) is 32.0 Å². The number of halogens is 1. The van der Waals surface area contributed by atoms with Gasteiger partial charge in [-0.25, -0.2) is 9.18 Å². The molecule has 10 nitrogen and oxygen atoms in total. The number of rotatable bonds is 8. The van der Waals surface area contributed by atoms with Crippen LogP contribution in [0.25, 0.3) is 17.1 Å². The predicted molar refractivity (Wildman–Crippen MR) is 119 cm³/mol. The Kier molecular flexibility index (Phi) is 7.38. The lowest BCUT2D eigenvalue weighted by atomic mass is 10.1. The summed E-state index contributed by atoms with van der Waals surface area (Å²) >= 11 is 0.983. The van der Waals surface area contributed by atoms with Gasteiger partial charge in [0.25, 0.3) is 0 Å². The molecule has 3 aromatic rings. The maximum atomic E-state index is 14.8. The summed E-state index contributed by atoms with van der Waals surface area (Å²) in [6.45, 7) is 1.56. The minimum atomic E-state index is -0.971. The summed E-state index contributed by atoms with van der Waals surface area (Å²) in [6.07, 6.45) is 0. The number of nitrogens with zero attached hydrogens (tertiary/aromatic N) is 3. The van der Waals surface area contributed by atoms with E-state index < -0.39 is 23.0 Å². The molecule has 1 heterocycles. The third-order valence-electron chi connectivity index (χ3n) is 4.55. The number of hydrogen-bond acceptors (Lipinski definition) is 8. The van der Waals surface area contributed by atoms with Gasteiger partial charge in [-0.05, 0) is 31.2 Å². The second-order valence-corrected chi connectivity index (χ2v) is 7.93. The molecular weight excluding hydrogens is 453 g/mol. The number of amides is 3. The van der Waals surface area contributed by atoms with Crippen LogP contribution in [0.15, 0.2) is 41.6 Å². The number of primary amides is 1. The highest BCUT2D eigenvalue weighted by molar-refractivity contribution is 8.00. The zero-order chi connectivity index (χ0) is 24.1. The summed E-state index contributed by atoms with van der Waals surface area (Å²) in [5.74, 6) is 0.250. The summed E-state index contributed by atoms with van der Waals surface area (Å²) in [5.41, 5.74) is 5.69. The van der Waals surface area contributed by atoms with Crippen molar-refractivity contribution in [3.63, 3.8) is 0 Å². The highest BCUT2D eigenvalue weighted by Crippen LogP contribution is 2.42. The van der Waals surface area contributed by atoms with Gasteiger partial charge in [-0.2, -0.15) is 0 Å². The molecule has 33 heavy (non-hydrogen) atoms. The summed E-state index contributed by atoms with van der Waals surface area (Å²) in [5, 5.41) is 9.86. The molecule has 0 aliphatic rings. The predicted octanol–water partition coefficient (Wildman–Crippen LogP) is 2.77. The van der Waals surface area contributed by atoms with Crippen molar-refractivity contribution < 1.29 is 28.2 Å². The Bertz CT molecular complexity index is 1160. The van der Waals surface area contributed by atoms with E-state index >= 15 is 0 Å². The molecule has 1 aromatic heterocycles.